The van der Waals surface area contributed by atoms with Crippen molar-refractivity contribution in [3.05, 3.63) is 66.1 Å². The summed E-state index contributed by atoms with van der Waals surface area (Å²) in [5, 5.41) is 3.91. The molecule has 0 spiro atoms. The van der Waals surface area contributed by atoms with E-state index < -0.39 is 5.91 Å². The molecule has 1 unspecified atom stereocenters. The number of aromatic nitrogens is 2. The third-order valence-electron chi connectivity index (χ3n) is 5.02. The van der Waals surface area contributed by atoms with Gasteiger partial charge in [0.2, 0.25) is 5.91 Å². The lowest BCUT2D eigenvalue weighted by atomic mass is 10.1. The van der Waals surface area contributed by atoms with Gasteiger partial charge in [-0.15, -0.1) is 0 Å². The van der Waals surface area contributed by atoms with E-state index in [2.05, 4.69) is 20.2 Å². The van der Waals surface area contributed by atoms with E-state index in [9.17, 15) is 9.59 Å². The smallest absolute Gasteiger partial charge is 0.250 e. The van der Waals surface area contributed by atoms with Crippen molar-refractivity contribution in [2.75, 3.05) is 18.0 Å². The van der Waals surface area contributed by atoms with E-state index in [4.69, 9.17) is 5.73 Å². The van der Waals surface area contributed by atoms with Crippen LogP contribution in [0.3, 0.4) is 0 Å². The molecule has 28 heavy (non-hydrogen) atoms. The van der Waals surface area contributed by atoms with E-state index in [1.165, 1.54) is 6.33 Å². The summed E-state index contributed by atoms with van der Waals surface area (Å²) < 4.78 is 0. The number of hydrogen-bond acceptors (Lipinski definition) is 5. The minimum absolute atomic E-state index is 0.0234. The Labute approximate surface area is 162 Å². The Balaban J connectivity index is 1.48. The van der Waals surface area contributed by atoms with Gasteiger partial charge in [0, 0.05) is 36.4 Å². The average molecular weight is 375 g/mol. The quantitative estimate of drug-likeness (QED) is 0.706. The maximum Gasteiger partial charge on any atom is 0.250 e. The average Bonchev–Trinajstić information content (AvgIpc) is 3.15. The van der Waals surface area contributed by atoms with Crippen LogP contribution >= 0.6 is 0 Å². The first kappa shape index (κ1) is 17.9. The van der Waals surface area contributed by atoms with Gasteiger partial charge in [-0.05, 0) is 24.1 Å². The summed E-state index contributed by atoms with van der Waals surface area (Å²) >= 11 is 0. The molecule has 0 radical (unpaired) electrons. The number of amides is 2. The molecule has 1 aliphatic rings. The van der Waals surface area contributed by atoms with Crippen LogP contribution in [0.5, 0.6) is 0 Å². The number of fused-ring (bicyclic) bond motifs is 1. The van der Waals surface area contributed by atoms with Crippen molar-refractivity contribution in [1.82, 2.24) is 15.3 Å². The molecular weight excluding hydrogens is 354 g/mol. The summed E-state index contributed by atoms with van der Waals surface area (Å²) in [5.41, 5.74) is 8.34. The standard InChI is InChI=1S/C21H21N5O2/c22-21(28)16-6-7-18(17-11-23-13-24-20(16)17)26-9-8-15(12-26)25-19(27)10-14-4-2-1-3-5-14/h1-7,11,13,15H,8-10,12H2,(H2,22,28)(H,25,27). The van der Waals surface area contributed by atoms with Crippen molar-refractivity contribution in [3.8, 4) is 0 Å². The lowest BCUT2D eigenvalue weighted by molar-refractivity contribution is -0.121. The maximum atomic E-state index is 12.3. The summed E-state index contributed by atoms with van der Waals surface area (Å²) in [4.78, 5) is 34.5. The lowest BCUT2D eigenvalue weighted by Crippen LogP contribution is -2.38. The van der Waals surface area contributed by atoms with E-state index in [0.29, 0.717) is 24.0 Å². The molecule has 0 bridgehead atoms. The molecule has 2 heterocycles. The van der Waals surface area contributed by atoms with E-state index in [1.807, 2.05) is 36.4 Å². The molecule has 3 N–H and O–H groups in total. The van der Waals surface area contributed by atoms with Crippen molar-refractivity contribution in [2.45, 2.75) is 18.9 Å². The molecule has 1 atom stereocenters. The normalized spacial score (nSPS) is 16.3. The molecule has 2 aromatic carbocycles. The van der Waals surface area contributed by atoms with Crippen LogP contribution in [0.2, 0.25) is 0 Å². The summed E-state index contributed by atoms with van der Waals surface area (Å²) in [6.07, 6.45) is 4.34. The van der Waals surface area contributed by atoms with Gasteiger partial charge in [0.25, 0.3) is 5.91 Å². The van der Waals surface area contributed by atoms with Crippen LogP contribution in [0.25, 0.3) is 10.9 Å². The first-order chi connectivity index (χ1) is 13.6. The second kappa shape index (κ2) is 7.64. The highest BCUT2D eigenvalue weighted by atomic mass is 16.2. The molecule has 2 amide bonds. The Hall–Kier alpha value is -3.48. The number of anilines is 1. The third-order valence-corrected chi connectivity index (χ3v) is 5.02. The van der Waals surface area contributed by atoms with Crippen LogP contribution in [0.1, 0.15) is 22.3 Å². The van der Waals surface area contributed by atoms with Gasteiger partial charge >= 0.3 is 0 Å². The van der Waals surface area contributed by atoms with Crippen LogP contribution in [-0.2, 0) is 11.2 Å². The summed E-state index contributed by atoms with van der Waals surface area (Å²) in [6, 6.07) is 13.4. The molecule has 142 valence electrons. The number of carbonyl (C=O) groups is 2. The summed E-state index contributed by atoms with van der Waals surface area (Å²) in [6.45, 7) is 1.50. The van der Waals surface area contributed by atoms with Crippen molar-refractivity contribution in [3.63, 3.8) is 0 Å². The minimum atomic E-state index is -0.511. The lowest BCUT2D eigenvalue weighted by Gasteiger charge is -2.21. The van der Waals surface area contributed by atoms with Gasteiger partial charge in [-0.3, -0.25) is 9.59 Å². The van der Waals surface area contributed by atoms with Crippen molar-refractivity contribution < 1.29 is 9.59 Å². The number of hydrogen-bond donors (Lipinski definition) is 2. The highest BCUT2D eigenvalue weighted by molar-refractivity contribution is 6.08. The molecule has 1 aromatic heterocycles. The van der Waals surface area contributed by atoms with Gasteiger partial charge in [-0.2, -0.15) is 0 Å². The zero-order valence-electron chi connectivity index (χ0n) is 15.3. The fourth-order valence-corrected chi connectivity index (χ4v) is 3.69. The SMILES string of the molecule is NC(=O)c1ccc(N2CCC(NC(=O)Cc3ccccc3)C2)c2cncnc12. The highest BCUT2D eigenvalue weighted by Gasteiger charge is 2.26. The van der Waals surface area contributed by atoms with Gasteiger partial charge in [-0.1, -0.05) is 30.3 Å². The first-order valence-corrected chi connectivity index (χ1v) is 9.22. The fraction of sp³-hybridized carbons (Fsp3) is 0.238. The predicted octanol–water partition coefficient (Wildman–Crippen LogP) is 1.67. The number of primary amides is 1. The maximum absolute atomic E-state index is 12.3. The van der Waals surface area contributed by atoms with E-state index >= 15 is 0 Å². The molecule has 0 saturated carbocycles. The molecular formula is C21H21N5O2. The molecule has 3 aromatic rings. The molecule has 4 rings (SSSR count). The van der Waals surface area contributed by atoms with Crippen LogP contribution < -0.4 is 16.0 Å². The van der Waals surface area contributed by atoms with Gasteiger partial charge < -0.3 is 16.0 Å². The molecule has 1 aliphatic heterocycles. The molecule has 1 fully saturated rings. The fourth-order valence-electron chi connectivity index (χ4n) is 3.69. The van der Waals surface area contributed by atoms with Crippen molar-refractivity contribution >= 4 is 28.4 Å². The second-order valence-corrected chi connectivity index (χ2v) is 6.94. The van der Waals surface area contributed by atoms with Crippen LogP contribution in [-0.4, -0.2) is 40.9 Å². The minimum Gasteiger partial charge on any atom is -0.369 e. The van der Waals surface area contributed by atoms with Crippen molar-refractivity contribution in [2.24, 2.45) is 5.73 Å². The van der Waals surface area contributed by atoms with E-state index in [1.54, 1.807) is 12.3 Å². The number of nitrogens with one attached hydrogen (secondary N) is 1. The van der Waals surface area contributed by atoms with E-state index in [0.717, 1.165) is 29.6 Å². The molecule has 1 saturated heterocycles. The zero-order valence-corrected chi connectivity index (χ0v) is 15.3. The first-order valence-electron chi connectivity index (χ1n) is 9.22. The Bertz CT molecular complexity index is 1020. The van der Waals surface area contributed by atoms with Crippen LogP contribution in [0.4, 0.5) is 5.69 Å². The predicted molar refractivity (Wildman–Crippen MR) is 107 cm³/mol. The number of benzene rings is 2. The largest absolute Gasteiger partial charge is 0.369 e. The van der Waals surface area contributed by atoms with Crippen molar-refractivity contribution in [1.29, 1.82) is 0 Å². The Kier molecular flexibility index (Phi) is 4.89. The second-order valence-electron chi connectivity index (χ2n) is 6.94. The number of carbonyl (C=O) groups excluding carboxylic acids is 2. The Morgan fingerprint density at radius 2 is 2.00 bits per heavy atom. The Morgan fingerprint density at radius 3 is 2.79 bits per heavy atom. The number of rotatable bonds is 5. The summed E-state index contributed by atoms with van der Waals surface area (Å²) in [5.74, 6) is -0.488. The third kappa shape index (κ3) is 3.64. The highest BCUT2D eigenvalue weighted by Crippen LogP contribution is 2.30. The topological polar surface area (TPSA) is 101 Å². The van der Waals surface area contributed by atoms with Gasteiger partial charge in [0.15, 0.2) is 0 Å². The molecule has 7 heteroatoms. The Morgan fingerprint density at radius 1 is 1.18 bits per heavy atom. The molecule has 7 nitrogen and oxygen atoms in total. The van der Waals surface area contributed by atoms with Gasteiger partial charge in [0.1, 0.15) is 6.33 Å². The monoisotopic (exact) mass is 375 g/mol. The molecule has 0 aliphatic carbocycles. The van der Waals surface area contributed by atoms with E-state index in [-0.39, 0.29) is 11.9 Å². The van der Waals surface area contributed by atoms with Gasteiger partial charge in [0.05, 0.1) is 17.5 Å². The summed E-state index contributed by atoms with van der Waals surface area (Å²) in [7, 11) is 0. The number of nitrogens with zero attached hydrogens (tertiary/aromatic N) is 3. The van der Waals surface area contributed by atoms with Gasteiger partial charge in [-0.25, -0.2) is 9.97 Å². The van der Waals surface area contributed by atoms with Crippen LogP contribution in [0, 0.1) is 0 Å². The zero-order chi connectivity index (χ0) is 19.5. The number of nitrogens with two attached hydrogens (primary N) is 1. The van der Waals surface area contributed by atoms with Crippen LogP contribution in [0.15, 0.2) is 55.0 Å².